The first-order chi connectivity index (χ1) is 5.24. The Kier molecular flexibility index (Phi) is 2.83. The standard InChI is InChI=1S/C9H13NS/c1-4-7(2)5-9-6-10-11-8(9)3/h5-6H,4H2,1-3H3/b7-5+. The summed E-state index contributed by atoms with van der Waals surface area (Å²) in [7, 11) is 0. The Bertz CT molecular complexity index is 260. The Morgan fingerprint density at radius 1 is 1.73 bits per heavy atom. The molecule has 0 atom stereocenters. The highest BCUT2D eigenvalue weighted by molar-refractivity contribution is 7.05. The van der Waals surface area contributed by atoms with E-state index >= 15 is 0 Å². The van der Waals surface area contributed by atoms with Crippen molar-refractivity contribution in [3.05, 3.63) is 22.2 Å². The van der Waals surface area contributed by atoms with Gasteiger partial charge in [-0.05, 0) is 31.8 Å². The Labute approximate surface area is 71.9 Å². The third kappa shape index (κ3) is 2.15. The lowest BCUT2D eigenvalue weighted by molar-refractivity contribution is 1.11. The highest BCUT2D eigenvalue weighted by atomic mass is 32.1. The highest BCUT2D eigenvalue weighted by Crippen LogP contribution is 2.16. The molecule has 1 nitrogen and oxygen atoms in total. The molecule has 1 rings (SSSR count). The average molecular weight is 167 g/mol. The van der Waals surface area contributed by atoms with Crippen LogP contribution < -0.4 is 0 Å². The Hall–Kier alpha value is -0.630. The van der Waals surface area contributed by atoms with Crippen molar-refractivity contribution in [2.75, 3.05) is 0 Å². The maximum Gasteiger partial charge on any atom is 0.0482 e. The van der Waals surface area contributed by atoms with Gasteiger partial charge in [0.05, 0.1) is 0 Å². The van der Waals surface area contributed by atoms with Crippen molar-refractivity contribution in [1.82, 2.24) is 4.37 Å². The van der Waals surface area contributed by atoms with E-state index in [1.165, 1.54) is 16.0 Å². The van der Waals surface area contributed by atoms with Crippen LogP contribution in [0.15, 0.2) is 11.8 Å². The molecule has 0 amide bonds. The Balaban J connectivity index is 2.86. The fourth-order valence-corrected chi connectivity index (χ4v) is 1.35. The molecule has 0 aliphatic carbocycles. The fourth-order valence-electron chi connectivity index (χ4n) is 0.812. The van der Waals surface area contributed by atoms with Crippen LogP contribution in [0.4, 0.5) is 0 Å². The van der Waals surface area contributed by atoms with Crippen LogP contribution in [0.5, 0.6) is 0 Å². The fraction of sp³-hybridized carbons (Fsp3) is 0.444. The molecule has 0 spiro atoms. The average Bonchev–Trinajstić information content (AvgIpc) is 2.37. The van der Waals surface area contributed by atoms with Crippen LogP contribution in [0.1, 0.15) is 30.7 Å². The van der Waals surface area contributed by atoms with Gasteiger partial charge >= 0.3 is 0 Å². The number of hydrogen-bond donors (Lipinski definition) is 0. The number of allylic oxidation sites excluding steroid dienone is 1. The van der Waals surface area contributed by atoms with E-state index in [4.69, 9.17) is 0 Å². The van der Waals surface area contributed by atoms with Gasteiger partial charge in [-0.3, -0.25) is 0 Å². The van der Waals surface area contributed by atoms with Crippen molar-refractivity contribution < 1.29 is 0 Å². The molecular weight excluding hydrogens is 154 g/mol. The van der Waals surface area contributed by atoms with Crippen LogP contribution in [0, 0.1) is 6.92 Å². The maximum absolute atomic E-state index is 4.11. The molecule has 0 N–H and O–H groups in total. The van der Waals surface area contributed by atoms with Crippen LogP contribution in [0.25, 0.3) is 6.08 Å². The van der Waals surface area contributed by atoms with Crippen molar-refractivity contribution in [3.8, 4) is 0 Å². The van der Waals surface area contributed by atoms with E-state index in [1.54, 1.807) is 11.5 Å². The summed E-state index contributed by atoms with van der Waals surface area (Å²) >= 11 is 1.56. The van der Waals surface area contributed by atoms with E-state index in [0.717, 1.165) is 6.42 Å². The molecule has 1 aromatic heterocycles. The summed E-state index contributed by atoms with van der Waals surface area (Å²) in [5.74, 6) is 0. The molecule has 11 heavy (non-hydrogen) atoms. The van der Waals surface area contributed by atoms with E-state index in [-0.39, 0.29) is 0 Å². The Morgan fingerprint density at radius 2 is 2.45 bits per heavy atom. The molecule has 0 bridgehead atoms. The normalized spacial score (nSPS) is 12.1. The van der Waals surface area contributed by atoms with Crippen LogP contribution in [0.2, 0.25) is 0 Å². The van der Waals surface area contributed by atoms with E-state index in [1.807, 2.05) is 6.20 Å². The van der Waals surface area contributed by atoms with Crippen LogP contribution >= 0.6 is 11.5 Å². The monoisotopic (exact) mass is 167 g/mol. The highest BCUT2D eigenvalue weighted by Gasteiger charge is 1.96. The lowest BCUT2D eigenvalue weighted by Gasteiger charge is -1.93. The van der Waals surface area contributed by atoms with E-state index in [2.05, 4.69) is 31.2 Å². The summed E-state index contributed by atoms with van der Waals surface area (Å²) in [6, 6.07) is 0. The molecule has 0 saturated heterocycles. The number of hydrogen-bond acceptors (Lipinski definition) is 2. The zero-order valence-corrected chi connectivity index (χ0v) is 8.03. The lowest BCUT2D eigenvalue weighted by Crippen LogP contribution is -1.73. The molecule has 0 aliphatic rings. The molecule has 0 aromatic carbocycles. The van der Waals surface area contributed by atoms with Crippen LogP contribution in [0.3, 0.4) is 0 Å². The third-order valence-corrected chi connectivity index (χ3v) is 2.47. The minimum absolute atomic E-state index is 1.12. The third-order valence-electron chi connectivity index (χ3n) is 1.75. The van der Waals surface area contributed by atoms with Gasteiger partial charge in [-0.15, -0.1) is 0 Å². The second-order valence-electron chi connectivity index (χ2n) is 2.68. The summed E-state index contributed by atoms with van der Waals surface area (Å²) in [5.41, 5.74) is 2.68. The SMILES string of the molecule is CC/C(C)=C/c1cnsc1C. The van der Waals surface area contributed by atoms with Gasteiger partial charge in [-0.25, -0.2) is 4.37 Å². The van der Waals surface area contributed by atoms with Gasteiger partial charge in [0.2, 0.25) is 0 Å². The molecule has 0 fully saturated rings. The predicted molar refractivity (Wildman–Crippen MR) is 50.8 cm³/mol. The Morgan fingerprint density at radius 3 is 2.91 bits per heavy atom. The maximum atomic E-state index is 4.11. The van der Waals surface area contributed by atoms with Gasteiger partial charge < -0.3 is 0 Å². The predicted octanol–water partition coefficient (Wildman–Crippen LogP) is 3.26. The van der Waals surface area contributed by atoms with Crippen LogP contribution in [-0.2, 0) is 0 Å². The molecular formula is C9H13NS. The van der Waals surface area contributed by atoms with Gasteiger partial charge in [-0.1, -0.05) is 18.6 Å². The minimum Gasteiger partial charge on any atom is -0.200 e. The van der Waals surface area contributed by atoms with E-state index in [9.17, 15) is 0 Å². The summed E-state index contributed by atoms with van der Waals surface area (Å²) in [6.45, 7) is 6.42. The zero-order chi connectivity index (χ0) is 8.27. The summed E-state index contributed by atoms with van der Waals surface area (Å²) in [4.78, 5) is 1.30. The van der Waals surface area contributed by atoms with Gasteiger partial charge in [0.1, 0.15) is 0 Å². The van der Waals surface area contributed by atoms with E-state index in [0.29, 0.717) is 0 Å². The molecule has 2 heteroatoms. The lowest BCUT2D eigenvalue weighted by atomic mass is 10.1. The topological polar surface area (TPSA) is 12.9 Å². The molecule has 1 heterocycles. The summed E-state index contributed by atoms with van der Waals surface area (Å²) < 4.78 is 4.11. The minimum atomic E-state index is 1.12. The molecule has 0 saturated carbocycles. The molecule has 0 aliphatic heterocycles. The smallest absolute Gasteiger partial charge is 0.0482 e. The van der Waals surface area contributed by atoms with Gasteiger partial charge in [0.25, 0.3) is 0 Å². The number of aryl methyl sites for hydroxylation is 1. The summed E-state index contributed by atoms with van der Waals surface area (Å²) in [6.07, 6.45) is 5.26. The van der Waals surface area contributed by atoms with Crippen molar-refractivity contribution in [3.63, 3.8) is 0 Å². The van der Waals surface area contributed by atoms with Crippen molar-refractivity contribution in [2.45, 2.75) is 27.2 Å². The van der Waals surface area contributed by atoms with Crippen molar-refractivity contribution >= 4 is 17.6 Å². The first-order valence-electron chi connectivity index (χ1n) is 3.82. The van der Waals surface area contributed by atoms with Gasteiger partial charge in [-0.2, -0.15) is 0 Å². The largest absolute Gasteiger partial charge is 0.200 e. The van der Waals surface area contributed by atoms with Crippen LogP contribution in [-0.4, -0.2) is 4.37 Å². The van der Waals surface area contributed by atoms with Gasteiger partial charge in [0.15, 0.2) is 0 Å². The van der Waals surface area contributed by atoms with Gasteiger partial charge in [0, 0.05) is 16.6 Å². The van der Waals surface area contributed by atoms with Crippen molar-refractivity contribution in [2.24, 2.45) is 0 Å². The second kappa shape index (κ2) is 3.67. The first kappa shape index (κ1) is 8.47. The quantitative estimate of drug-likeness (QED) is 0.658. The number of rotatable bonds is 2. The number of nitrogens with zero attached hydrogens (tertiary/aromatic N) is 1. The zero-order valence-electron chi connectivity index (χ0n) is 7.22. The molecule has 1 aromatic rings. The molecule has 0 radical (unpaired) electrons. The first-order valence-corrected chi connectivity index (χ1v) is 4.59. The summed E-state index contributed by atoms with van der Waals surface area (Å²) in [5, 5.41) is 0. The number of aromatic nitrogens is 1. The van der Waals surface area contributed by atoms with Crippen molar-refractivity contribution in [1.29, 1.82) is 0 Å². The van der Waals surface area contributed by atoms with E-state index < -0.39 is 0 Å². The second-order valence-corrected chi connectivity index (χ2v) is 3.69. The molecule has 60 valence electrons. The molecule has 0 unspecified atom stereocenters.